The number of terminal acetylenes is 1. The van der Waals surface area contributed by atoms with E-state index in [0.717, 1.165) is 25.8 Å². The Morgan fingerprint density at radius 2 is 2.11 bits per heavy atom. The van der Waals surface area contributed by atoms with Crippen LogP contribution in [0.1, 0.15) is 38.2 Å². The summed E-state index contributed by atoms with van der Waals surface area (Å²) in [7, 11) is 0. The van der Waals surface area contributed by atoms with Gasteiger partial charge in [-0.15, -0.1) is 6.42 Å². The average molecular weight is 613 g/mol. The highest BCUT2D eigenvalue weighted by atomic mass is 19.1. The van der Waals surface area contributed by atoms with Crippen LogP contribution in [0.5, 0.6) is 17.6 Å². The number of nitrogens with one attached hydrogen (secondary N) is 1. The second-order valence-electron chi connectivity index (χ2n) is 12.7. The summed E-state index contributed by atoms with van der Waals surface area (Å²) in [4.78, 5) is 18.5. The van der Waals surface area contributed by atoms with Crippen molar-refractivity contribution < 1.29 is 23.4 Å². The topological polar surface area (TPSA) is 95.9 Å². The van der Waals surface area contributed by atoms with Crippen molar-refractivity contribution in [1.29, 1.82) is 0 Å². The Morgan fingerprint density at radius 1 is 1.22 bits per heavy atom. The molecule has 45 heavy (non-hydrogen) atoms. The SMILES string of the molecule is C#Cc1cccc2cc(O)cc(-c3nc4c5c(nc(OC[C@@]67CCCN6C[C@H](F)C7)nc5c3F)N3C[C@@H](CC)NC[C@H]3CO4)c12. The van der Waals surface area contributed by atoms with Gasteiger partial charge in [-0.25, -0.2) is 13.8 Å². The Kier molecular flexibility index (Phi) is 6.69. The molecule has 2 aromatic heterocycles. The second kappa shape index (κ2) is 10.7. The molecule has 0 amide bonds. The van der Waals surface area contributed by atoms with Crippen molar-refractivity contribution in [3.63, 3.8) is 0 Å². The Hall–Kier alpha value is -4.27. The van der Waals surface area contributed by atoms with Crippen molar-refractivity contribution in [2.75, 3.05) is 44.3 Å². The first-order valence-electron chi connectivity index (χ1n) is 15.7. The minimum Gasteiger partial charge on any atom is -0.508 e. The number of ether oxygens (including phenoxy) is 2. The van der Waals surface area contributed by atoms with Crippen molar-refractivity contribution in [2.45, 2.75) is 56.4 Å². The molecule has 4 atom stereocenters. The Balaban J connectivity index is 1.32. The van der Waals surface area contributed by atoms with E-state index in [-0.39, 0.29) is 47.5 Å². The predicted octanol–water partition coefficient (Wildman–Crippen LogP) is 4.58. The summed E-state index contributed by atoms with van der Waals surface area (Å²) in [6.07, 6.45) is 8.05. The van der Waals surface area contributed by atoms with E-state index in [1.165, 1.54) is 6.07 Å². The number of phenols is 1. The van der Waals surface area contributed by atoms with Crippen LogP contribution in [0.15, 0.2) is 30.3 Å². The first-order chi connectivity index (χ1) is 21.9. The molecule has 2 N–H and O–H groups in total. The Bertz CT molecular complexity index is 1880. The lowest BCUT2D eigenvalue weighted by Gasteiger charge is -2.39. The fraction of sp³-hybridized carbons (Fsp3) is 0.441. The first kappa shape index (κ1) is 28.2. The highest BCUT2D eigenvalue weighted by molar-refractivity contribution is 6.04. The number of fused-ring (bicyclic) bond motifs is 4. The van der Waals surface area contributed by atoms with Gasteiger partial charge in [-0.3, -0.25) is 4.90 Å². The van der Waals surface area contributed by atoms with E-state index in [1.807, 2.05) is 6.07 Å². The lowest BCUT2D eigenvalue weighted by atomic mass is 9.95. The third kappa shape index (κ3) is 4.53. The predicted molar refractivity (Wildman–Crippen MR) is 167 cm³/mol. The average Bonchev–Trinajstić information content (AvgIpc) is 3.52. The number of benzene rings is 2. The van der Waals surface area contributed by atoms with Gasteiger partial charge in [-0.2, -0.15) is 9.97 Å². The van der Waals surface area contributed by atoms with Crippen LogP contribution in [0.3, 0.4) is 0 Å². The number of nitrogens with zero attached hydrogens (tertiary/aromatic N) is 5. The van der Waals surface area contributed by atoms with Gasteiger partial charge in [0.05, 0.1) is 11.6 Å². The monoisotopic (exact) mass is 612 g/mol. The highest BCUT2D eigenvalue weighted by Crippen LogP contribution is 2.44. The summed E-state index contributed by atoms with van der Waals surface area (Å²) >= 11 is 0. The number of aromatic hydroxyl groups is 1. The molecule has 3 fully saturated rings. The zero-order valence-corrected chi connectivity index (χ0v) is 25.0. The van der Waals surface area contributed by atoms with Crippen molar-refractivity contribution in [3.8, 4) is 41.2 Å². The van der Waals surface area contributed by atoms with Crippen LogP contribution in [-0.4, -0.2) is 88.1 Å². The van der Waals surface area contributed by atoms with Crippen LogP contribution in [0.4, 0.5) is 14.6 Å². The molecule has 2 aromatic carbocycles. The number of halogens is 2. The van der Waals surface area contributed by atoms with Gasteiger partial charge in [0.1, 0.15) is 47.5 Å². The zero-order valence-electron chi connectivity index (χ0n) is 25.0. The van der Waals surface area contributed by atoms with Crippen LogP contribution in [0.25, 0.3) is 32.9 Å². The zero-order chi connectivity index (χ0) is 30.9. The van der Waals surface area contributed by atoms with Gasteiger partial charge < -0.3 is 24.8 Å². The molecule has 4 aliphatic rings. The van der Waals surface area contributed by atoms with Gasteiger partial charge in [0.2, 0.25) is 5.88 Å². The van der Waals surface area contributed by atoms with Crippen molar-refractivity contribution in [3.05, 3.63) is 41.7 Å². The number of hydrogen-bond donors (Lipinski definition) is 2. The molecule has 0 bridgehead atoms. The second-order valence-corrected chi connectivity index (χ2v) is 12.7. The van der Waals surface area contributed by atoms with Crippen LogP contribution >= 0.6 is 0 Å². The fourth-order valence-corrected chi connectivity index (χ4v) is 7.75. The van der Waals surface area contributed by atoms with E-state index in [0.29, 0.717) is 65.8 Å². The van der Waals surface area contributed by atoms with Crippen molar-refractivity contribution in [1.82, 2.24) is 25.2 Å². The number of aromatic nitrogens is 3. The van der Waals surface area contributed by atoms with Gasteiger partial charge in [0.15, 0.2) is 5.82 Å². The first-order valence-corrected chi connectivity index (χ1v) is 15.7. The molecule has 4 aliphatic heterocycles. The number of piperazine rings is 1. The van der Waals surface area contributed by atoms with E-state index in [2.05, 4.69) is 32.9 Å². The van der Waals surface area contributed by atoms with Crippen LogP contribution in [0.2, 0.25) is 0 Å². The van der Waals surface area contributed by atoms with Crippen LogP contribution < -0.4 is 19.7 Å². The van der Waals surface area contributed by atoms with Gasteiger partial charge in [0.25, 0.3) is 0 Å². The standard InChI is InChI=1S/C34H34F2N6O3/c1-3-19-7-5-8-20-11-24(43)12-25(26(19)20)29-28(36)30-27-31(42-16-22(4-2)37-14-23(42)17-44-32(27)38-29)40-33(39-30)45-18-34-9-6-10-41(34)15-21(35)13-34/h1,5,7-8,11-12,21-23,37,43H,4,6,9-10,13-18H2,2H3/t21-,22-,23+,34+/m1/s1. The minimum absolute atomic E-state index is 0.00693. The molecular weight excluding hydrogens is 578 g/mol. The number of phenolic OH excluding ortho intramolecular Hbond substituents is 1. The maximum atomic E-state index is 17.0. The fourth-order valence-electron chi connectivity index (χ4n) is 7.75. The molecular formula is C34H34F2N6O3. The summed E-state index contributed by atoms with van der Waals surface area (Å²) < 4.78 is 44.1. The molecule has 9 nitrogen and oxygen atoms in total. The number of rotatable bonds is 5. The highest BCUT2D eigenvalue weighted by Gasteiger charge is 2.49. The summed E-state index contributed by atoms with van der Waals surface area (Å²) in [6.45, 7) is 5.16. The molecule has 11 heteroatoms. The number of hydrogen-bond acceptors (Lipinski definition) is 9. The normalized spacial score (nSPS) is 25.9. The molecule has 3 saturated heterocycles. The number of alkyl halides is 1. The molecule has 8 rings (SSSR count). The Morgan fingerprint density at radius 3 is 2.96 bits per heavy atom. The molecule has 0 spiro atoms. The number of anilines is 1. The third-order valence-corrected chi connectivity index (χ3v) is 9.99. The summed E-state index contributed by atoms with van der Waals surface area (Å²) in [5.74, 6) is 2.64. The van der Waals surface area contributed by atoms with Crippen LogP contribution in [0, 0.1) is 18.2 Å². The molecule has 4 aromatic rings. The minimum atomic E-state index is -0.903. The number of pyridine rings is 1. The Labute approximate surface area is 259 Å². The molecule has 0 radical (unpaired) electrons. The van der Waals surface area contributed by atoms with E-state index >= 15 is 4.39 Å². The smallest absolute Gasteiger partial charge is 0.319 e. The summed E-state index contributed by atoms with van der Waals surface area (Å²) in [5, 5.41) is 15.8. The third-order valence-electron chi connectivity index (χ3n) is 9.99. The largest absolute Gasteiger partial charge is 0.508 e. The van der Waals surface area contributed by atoms with Crippen molar-refractivity contribution in [2.24, 2.45) is 0 Å². The van der Waals surface area contributed by atoms with Gasteiger partial charge in [-0.1, -0.05) is 25.0 Å². The van der Waals surface area contributed by atoms with Crippen LogP contribution in [-0.2, 0) is 0 Å². The maximum Gasteiger partial charge on any atom is 0.319 e. The summed E-state index contributed by atoms with van der Waals surface area (Å²) in [5.41, 5.74) is 0.416. The lowest BCUT2D eigenvalue weighted by molar-refractivity contribution is 0.107. The van der Waals surface area contributed by atoms with Gasteiger partial charge in [-0.05, 0) is 49.4 Å². The van der Waals surface area contributed by atoms with Gasteiger partial charge in [0, 0.05) is 48.6 Å². The molecule has 0 aliphatic carbocycles. The van der Waals surface area contributed by atoms with E-state index in [1.54, 1.807) is 18.2 Å². The molecule has 6 heterocycles. The van der Waals surface area contributed by atoms with E-state index < -0.39 is 17.5 Å². The molecule has 0 saturated carbocycles. The van der Waals surface area contributed by atoms with Crippen molar-refractivity contribution >= 4 is 27.5 Å². The lowest BCUT2D eigenvalue weighted by Crippen LogP contribution is -2.58. The molecule has 0 unspecified atom stereocenters. The van der Waals surface area contributed by atoms with E-state index in [9.17, 15) is 9.50 Å². The maximum absolute atomic E-state index is 17.0. The van der Waals surface area contributed by atoms with E-state index in [4.69, 9.17) is 25.9 Å². The summed E-state index contributed by atoms with van der Waals surface area (Å²) in [6, 6.07) is 8.57. The molecule has 232 valence electrons. The van der Waals surface area contributed by atoms with Gasteiger partial charge >= 0.3 is 6.01 Å². The quantitative estimate of drug-likeness (QED) is 0.314.